The van der Waals surface area contributed by atoms with Gasteiger partial charge in [-0.05, 0) is 65.4 Å². The number of methoxy groups -OCH3 is 1. The van der Waals surface area contributed by atoms with Crippen LogP contribution in [0.25, 0.3) is 22.0 Å². The molecule has 1 aromatic heterocycles. The Hall–Kier alpha value is -5.11. The molecule has 5 rings (SSSR count). The summed E-state index contributed by atoms with van der Waals surface area (Å²) in [5.41, 5.74) is 3.77. The van der Waals surface area contributed by atoms with Gasteiger partial charge in [-0.2, -0.15) is 0 Å². The highest BCUT2D eigenvalue weighted by molar-refractivity contribution is 5.95. The first-order chi connectivity index (χ1) is 21.9. The summed E-state index contributed by atoms with van der Waals surface area (Å²) in [7, 11) is 1.63. The smallest absolute Gasteiger partial charge is 0.339 e. The Morgan fingerprint density at radius 2 is 1.78 bits per heavy atom. The average molecular weight is 606 g/mol. The fourth-order valence-electron chi connectivity index (χ4n) is 5.40. The first-order valence-electron chi connectivity index (χ1n) is 15.4. The van der Waals surface area contributed by atoms with Crippen LogP contribution in [0.2, 0.25) is 0 Å². The van der Waals surface area contributed by atoms with Crippen LogP contribution in [0.1, 0.15) is 66.0 Å². The van der Waals surface area contributed by atoms with E-state index in [9.17, 15) is 14.7 Å². The van der Waals surface area contributed by atoms with Crippen LogP contribution in [0.15, 0.2) is 91.1 Å². The highest BCUT2D eigenvalue weighted by atomic mass is 16.5. The molecule has 0 aliphatic carbocycles. The summed E-state index contributed by atoms with van der Waals surface area (Å²) < 4.78 is 11.0. The number of hydrogen-bond donors (Lipinski definition) is 3. The number of carbonyl (C=O) groups is 2. The fraction of sp³-hybridized carbons (Fsp3) is 0.270. The summed E-state index contributed by atoms with van der Waals surface area (Å²) in [6.07, 6.45) is 5.67. The van der Waals surface area contributed by atoms with Gasteiger partial charge in [0.1, 0.15) is 22.9 Å². The van der Waals surface area contributed by atoms with Crippen molar-refractivity contribution in [1.29, 1.82) is 0 Å². The molecule has 0 saturated carbocycles. The monoisotopic (exact) mass is 605 g/mol. The Morgan fingerprint density at radius 1 is 0.978 bits per heavy atom. The molecule has 0 aliphatic heterocycles. The molecule has 1 amide bonds. The van der Waals surface area contributed by atoms with Crippen LogP contribution in [-0.2, 0) is 17.6 Å². The van der Waals surface area contributed by atoms with Gasteiger partial charge in [0, 0.05) is 18.4 Å². The van der Waals surface area contributed by atoms with Gasteiger partial charge in [0.25, 0.3) is 0 Å². The zero-order valence-electron chi connectivity index (χ0n) is 25.7. The first-order valence-corrected chi connectivity index (χ1v) is 15.4. The second-order valence-corrected chi connectivity index (χ2v) is 11.1. The van der Waals surface area contributed by atoms with Crippen LogP contribution in [0.3, 0.4) is 0 Å². The average Bonchev–Trinajstić information content (AvgIpc) is 3.53. The van der Waals surface area contributed by atoms with E-state index in [1.165, 1.54) is 0 Å². The number of H-pyrrole nitrogens is 1. The number of aryl methyl sites for hydroxylation is 1. The normalized spacial score (nSPS) is 11.7. The second-order valence-electron chi connectivity index (χ2n) is 11.1. The van der Waals surface area contributed by atoms with E-state index in [2.05, 4.69) is 46.5 Å². The van der Waals surface area contributed by atoms with Gasteiger partial charge in [-0.25, -0.2) is 9.78 Å². The molecule has 45 heavy (non-hydrogen) atoms. The number of fused-ring (bicyclic) bond motifs is 1. The quantitative estimate of drug-likeness (QED) is 0.106. The van der Waals surface area contributed by atoms with Crippen LogP contribution in [-0.4, -0.2) is 40.7 Å². The number of hydrogen-bond acceptors (Lipinski definition) is 5. The predicted molar refractivity (Wildman–Crippen MR) is 176 cm³/mol. The molecule has 0 aliphatic rings. The topological polar surface area (TPSA) is 114 Å². The van der Waals surface area contributed by atoms with E-state index in [1.54, 1.807) is 25.4 Å². The summed E-state index contributed by atoms with van der Waals surface area (Å²) in [6.45, 7) is 2.49. The Bertz CT molecular complexity index is 1740. The molecule has 232 valence electrons. The zero-order valence-corrected chi connectivity index (χ0v) is 25.7. The number of carboxylic acid groups (broad SMARTS) is 1. The molecule has 3 N–H and O–H groups in total. The van der Waals surface area contributed by atoms with E-state index in [1.807, 2.05) is 48.5 Å². The molecule has 0 radical (unpaired) electrons. The van der Waals surface area contributed by atoms with Crippen molar-refractivity contribution in [3.05, 3.63) is 114 Å². The molecule has 0 fully saturated rings. The largest absolute Gasteiger partial charge is 0.497 e. The lowest BCUT2D eigenvalue weighted by Gasteiger charge is -2.20. The van der Waals surface area contributed by atoms with Crippen LogP contribution >= 0.6 is 0 Å². The van der Waals surface area contributed by atoms with Crippen molar-refractivity contribution < 1.29 is 24.2 Å². The first kappa shape index (κ1) is 31.3. The summed E-state index contributed by atoms with van der Waals surface area (Å²) in [5, 5.41) is 15.4. The number of benzene rings is 4. The van der Waals surface area contributed by atoms with E-state index < -0.39 is 12.0 Å². The third kappa shape index (κ3) is 8.09. The number of carboxylic acids is 1. The molecule has 0 spiro atoms. The number of aromatic carboxylic acids is 1. The van der Waals surface area contributed by atoms with Gasteiger partial charge >= 0.3 is 5.97 Å². The maximum atomic E-state index is 13.2. The van der Waals surface area contributed by atoms with Crippen LogP contribution in [0.5, 0.6) is 11.5 Å². The summed E-state index contributed by atoms with van der Waals surface area (Å²) >= 11 is 0. The van der Waals surface area contributed by atoms with Crippen molar-refractivity contribution in [2.75, 3.05) is 13.7 Å². The lowest BCUT2D eigenvalue weighted by molar-refractivity contribution is -0.121. The second kappa shape index (κ2) is 15.1. The van der Waals surface area contributed by atoms with Gasteiger partial charge in [0.2, 0.25) is 5.91 Å². The summed E-state index contributed by atoms with van der Waals surface area (Å²) in [6, 6.07) is 26.8. The molecule has 1 heterocycles. The van der Waals surface area contributed by atoms with Gasteiger partial charge in [-0.1, -0.05) is 74.0 Å². The van der Waals surface area contributed by atoms with Crippen molar-refractivity contribution in [1.82, 2.24) is 15.3 Å². The zero-order chi connectivity index (χ0) is 31.6. The third-order valence-corrected chi connectivity index (χ3v) is 7.86. The van der Waals surface area contributed by atoms with Crippen LogP contribution < -0.4 is 14.8 Å². The lowest BCUT2D eigenvalue weighted by atomic mass is 9.99. The molecule has 0 bridgehead atoms. The van der Waals surface area contributed by atoms with E-state index in [0.29, 0.717) is 43.0 Å². The van der Waals surface area contributed by atoms with Crippen molar-refractivity contribution in [3.8, 4) is 22.8 Å². The number of amides is 1. The standard InChI is InChI=1S/C37H39N3O5/c1-3-4-21-45-34-20-17-27(22-31(34)37(42)43)32(40-36(41)14-7-9-25-15-18-28(44-2)19-16-25)23-35-38-24-33(39-35)30-13-8-11-26-10-5-6-12-29(26)30/h5-6,8,10-13,15-20,22,24,32H,3-4,7,9,14,21,23H2,1-2H3,(H,38,39)(H,40,41)(H,42,43). The lowest BCUT2D eigenvalue weighted by Crippen LogP contribution is -2.30. The molecule has 5 aromatic rings. The van der Waals surface area contributed by atoms with Gasteiger partial charge in [0.15, 0.2) is 0 Å². The third-order valence-electron chi connectivity index (χ3n) is 7.86. The number of carbonyl (C=O) groups excluding carboxylic acids is 1. The van der Waals surface area contributed by atoms with Crippen molar-refractivity contribution in [2.45, 2.75) is 51.5 Å². The van der Waals surface area contributed by atoms with Crippen molar-refractivity contribution >= 4 is 22.6 Å². The molecular weight excluding hydrogens is 566 g/mol. The van der Waals surface area contributed by atoms with E-state index in [4.69, 9.17) is 9.47 Å². The van der Waals surface area contributed by atoms with E-state index in [-0.39, 0.29) is 11.5 Å². The highest BCUT2D eigenvalue weighted by Gasteiger charge is 2.21. The number of unbranched alkanes of at least 4 members (excludes halogenated alkanes) is 1. The SMILES string of the molecule is CCCCOc1ccc(C(Cc2ncc(-c3cccc4ccccc34)[nH]2)NC(=O)CCCc2ccc(OC)cc2)cc1C(=O)O. The summed E-state index contributed by atoms with van der Waals surface area (Å²) in [4.78, 5) is 33.5. The van der Waals surface area contributed by atoms with Gasteiger partial charge in [-0.15, -0.1) is 0 Å². The molecule has 4 aromatic carbocycles. The van der Waals surface area contributed by atoms with Gasteiger partial charge in [-0.3, -0.25) is 4.79 Å². The molecular formula is C37H39N3O5. The minimum atomic E-state index is -1.08. The number of nitrogens with zero attached hydrogens (tertiary/aromatic N) is 1. The number of aromatic amines is 1. The number of imidazole rings is 1. The van der Waals surface area contributed by atoms with E-state index >= 15 is 0 Å². The highest BCUT2D eigenvalue weighted by Crippen LogP contribution is 2.29. The molecule has 0 saturated heterocycles. The van der Waals surface area contributed by atoms with Crippen LogP contribution in [0.4, 0.5) is 0 Å². The minimum Gasteiger partial charge on any atom is -0.497 e. The Balaban J connectivity index is 1.36. The molecule has 1 atom stereocenters. The molecule has 1 unspecified atom stereocenters. The number of nitrogens with one attached hydrogen (secondary N) is 2. The van der Waals surface area contributed by atoms with E-state index in [0.717, 1.165) is 52.6 Å². The Morgan fingerprint density at radius 3 is 2.56 bits per heavy atom. The van der Waals surface area contributed by atoms with Gasteiger partial charge in [0.05, 0.1) is 31.6 Å². The fourth-order valence-corrected chi connectivity index (χ4v) is 5.40. The predicted octanol–water partition coefficient (Wildman–Crippen LogP) is 7.54. The number of aromatic nitrogens is 2. The number of rotatable bonds is 15. The maximum absolute atomic E-state index is 13.2. The van der Waals surface area contributed by atoms with Gasteiger partial charge < -0.3 is 24.9 Å². The summed E-state index contributed by atoms with van der Waals surface area (Å²) in [5.74, 6) is 0.601. The minimum absolute atomic E-state index is 0.0678. The Kier molecular flexibility index (Phi) is 10.5. The molecule has 8 heteroatoms. The maximum Gasteiger partial charge on any atom is 0.339 e. The number of ether oxygens (including phenoxy) is 2. The molecule has 8 nitrogen and oxygen atoms in total. The Labute approximate surface area is 263 Å². The van der Waals surface area contributed by atoms with Crippen LogP contribution in [0, 0.1) is 0 Å². The van der Waals surface area contributed by atoms with Crippen molar-refractivity contribution in [3.63, 3.8) is 0 Å². The van der Waals surface area contributed by atoms with Crippen molar-refractivity contribution in [2.24, 2.45) is 0 Å².